The maximum Gasteiger partial charge on any atom is 0.308 e. The molecule has 2 fully saturated rings. The molecule has 42 heavy (non-hydrogen) atoms. The molecule has 1 amide bonds. The van der Waals surface area contributed by atoms with Crippen molar-refractivity contribution in [3.8, 4) is 11.5 Å². The van der Waals surface area contributed by atoms with Crippen LogP contribution in [0.15, 0.2) is 48.5 Å². The number of carbonyl (C=O) groups excluding carboxylic acids is 3. The number of rotatable bonds is 7. The minimum Gasteiger partial charge on any atom is -0.483 e. The lowest BCUT2D eigenvalue weighted by atomic mass is 9.48. The zero-order valence-electron chi connectivity index (χ0n) is 25.1. The van der Waals surface area contributed by atoms with Crippen LogP contribution >= 0.6 is 0 Å². The quantitative estimate of drug-likeness (QED) is 0.274. The van der Waals surface area contributed by atoms with E-state index in [4.69, 9.17) is 14.2 Å². The molecule has 2 aliphatic heterocycles. The minimum atomic E-state index is -0.827. The van der Waals surface area contributed by atoms with E-state index in [1.165, 1.54) is 13.8 Å². The molecule has 2 aliphatic carbocycles. The predicted octanol–water partition coefficient (Wildman–Crippen LogP) is 4.53. The average molecular weight is 573 g/mol. The summed E-state index contributed by atoms with van der Waals surface area (Å²) >= 11 is 0. The largest absolute Gasteiger partial charge is 0.483 e. The van der Waals surface area contributed by atoms with Gasteiger partial charge in [0.05, 0.1) is 17.5 Å². The highest BCUT2D eigenvalue weighted by Crippen LogP contribution is 2.67. The van der Waals surface area contributed by atoms with E-state index in [0.717, 1.165) is 23.2 Å². The summed E-state index contributed by atoms with van der Waals surface area (Å²) in [6.45, 7) is 8.43. The van der Waals surface area contributed by atoms with Crippen molar-refractivity contribution in [1.82, 2.24) is 9.80 Å². The summed E-state index contributed by atoms with van der Waals surface area (Å²) in [5.74, 6) is 0.337. The van der Waals surface area contributed by atoms with Gasteiger partial charge in [0, 0.05) is 32.0 Å². The van der Waals surface area contributed by atoms with E-state index in [9.17, 15) is 14.4 Å². The second-order valence-corrected chi connectivity index (χ2v) is 12.7. The summed E-state index contributed by atoms with van der Waals surface area (Å²) in [4.78, 5) is 43.2. The number of hydrogen-bond acceptors (Lipinski definition) is 7. The topological polar surface area (TPSA) is 85.4 Å². The summed E-state index contributed by atoms with van der Waals surface area (Å²) in [6, 6.07) is 13.3. The van der Waals surface area contributed by atoms with Crippen molar-refractivity contribution >= 4 is 23.9 Å². The molecular formula is C34H40N2O6. The zero-order chi connectivity index (χ0) is 29.8. The first kappa shape index (κ1) is 28.5. The van der Waals surface area contributed by atoms with Crippen LogP contribution in [0.25, 0.3) is 6.08 Å². The summed E-state index contributed by atoms with van der Waals surface area (Å²) < 4.78 is 19.1. The van der Waals surface area contributed by atoms with Gasteiger partial charge in [0.25, 0.3) is 0 Å². The second-order valence-electron chi connectivity index (χ2n) is 12.7. The first-order chi connectivity index (χ1) is 20.1. The molecule has 222 valence electrons. The molecule has 0 radical (unpaired) electrons. The lowest BCUT2D eigenvalue weighted by Gasteiger charge is -2.65. The number of nitrogens with zero attached hydrogens (tertiary/aromatic N) is 2. The number of amides is 1. The third-order valence-corrected chi connectivity index (χ3v) is 9.69. The molecular weight excluding hydrogens is 532 g/mol. The zero-order valence-corrected chi connectivity index (χ0v) is 25.1. The van der Waals surface area contributed by atoms with Crippen LogP contribution in [0.5, 0.6) is 11.5 Å². The van der Waals surface area contributed by atoms with Crippen molar-refractivity contribution in [3.63, 3.8) is 0 Å². The van der Waals surface area contributed by atoms with Crippen molar-refractivity contribution in [1.29, 1.82) is 0 Å². The molecule has 2 heterocycles. The number of likely N-dealkylation sites (tertiary alicyclic amines) is 1. The Morgan fingerprint density at radius 1 is 1.10 bits per heavy atom. The van der Waals surface area contributed by atoms with Crippen LogP contribution in [0, 0.1) is 5.92 Å². The number of carbonyl (C=O) groups is 3. The second kappa shape index (κ2) is 10.6. The van der Waals surface area contributed by atoms with Gasteiger partial charge in [-0.15, -0.1) is 0 Å². The van der Waals surface area contributed by atoms with Gasteiger partial charge in [0.15, 0.2) is 11.5 Å². The first-order valence-electron chi connectivity index (χ1n) is 15.0. The fourth-order valence-corrected chi connectivity index (χ4v) is 8.31. The van der Waals surface area contributed by atoms with E-state index in [1.54, 1.807) is 6.08 Å². The SMILES string of the molecule is CC(=O)Oc1ccc2c3c1O[C@H]1[C@@H](N(CC(C)C)C(=O)C=Cc4ccccc4)CC[C@@]4(OC(C)=O)[C@@H](C2)N(C)CC[C@]314. The maximum atomic E-state index is 14.0. The number of ether oxygens (including phenoxy) is 3. The standard InChI is InChI=1S/C34H40N2O6/c1-21(2)20-36(29(39)14-11-24-9-7-6-8-10-24)26-15-16-34(42-23(4)38)28-19-25-12-13-27(40-22(3)37)31-30(25)33(34,32(26)41-31)17-18-35(28)5/h6-14,21,26,28,32H,15-20H2,1-5H3/t26-,28+,32-,33-,34+/m0/s1. The fraction of sp³-hybridized carbons (Fsp3) is 0.500. The lowest BCUT2D eigenvalue weighted by Crippen LogP contribution is -2.79. The van der Waals surface area contributed by atoms with Gasteiger partial charge in [0.2, 0.25) is 5.91 Å². The third kappa shape index (κ3) is 4.34. The Kier molecular flexibility index (Phi) is 7.16. The smallest absolute Gasteiger partial charge is 0.308 e. The molecule has 0 aromatic heterocycles. The van der Waals surface area contributed by atoms with Crippen LogP contribution < -0.4 is 9.47 Å². The Morgan fingerprint density at radius 3 is 2.55 bits per heavy atom. The summed E-state index contributed by atoms with van der Waals surface area (Å²) in [6.07, 6.45) is 5.65. The van der Waals surface area contributed by atoms with Gasteiger partial charge in [-0.1, -0.05) is 50.2 Å². The number of likely N-dealkylation sites (N-methyl/N-ethyl adjacent to an activating group) is 1. The summed E-state index contributed by atoms with van der Waals surface area (Å²) in [7, 11) is 2.10. The van der Waals surface area contributed by atoms with Gasteiger partial charge in [0.1, 0.15) is 11.7 Å². The average Bonchev–Trinajstić information content (AvgIpc) is 3.29. The Bertz CT molecular complexity index is 1440. The highest BCUT2D eigenvalue weighted by Gasteiger charge is 2.75. The van der Waals surface area contributed by atoms with Crippen molar-refractivity contribution in [3.05, 3.63) is 65.2 Å². The molecule has 5 atom stereocenters. The van der Waals surface area contributed by atoms with E-state index < -0.39 is 23.1 Å². The van der Waals surface area contributed by atoms with E-state index in [1.807, 2.05) is 53.4 Å². The molecule has 2 bridgehead atoms. The van der Waals surface area contributed by atoms with Crippen molar-refractivity contribution in [2.45, 2.75) is 82.6 Å². The number of hydrogen-bond donors (Lipinski definition) is 0. The van der Waals surface area contributed by atoms with Crippen molar-refractivity contribution < 1.29 is 28.6 Å². The first-order valence-corrected chi connectivity index (χ1v) is 15.0. The molecule has 0 N–H and O–H groups in total. The minimum absolute atomic E-state index is 0.0348. The number of piperidine rings is 1. The summed E-state index contributed by atoms with van der Waals surface area (Å²) in [5, 5.41) is 0. The normalized spacial score (nSPS) is 29.1. The fourth-order valence-electron chi connectivity index (χ4n) is 8.31. The number of benzene rings is 2. The van der Waals surface area contributed by atoms with Crippen LogP contribution in [0.2, 0.25) is 0 Å². The van der Waals surface area contributed by atoms with Gasteiger partial charge in [-0.3, -0.25) is 19.3 Å². The van der Waals surface area contributed by atoms with Crippen molar-refractivity contribution in [2.75, 3.05) is 20.1 Å². The Labute approximate surface area is 247 Å². The predicted molar refractivity (Wildman–Crippen MR) is 158 cm³/mol. The van der Waals surface area contributed by atoms with E-state index in [0.29, 0.717) is 43.7 Å². The van der Waals surface area contributed by atoms with E-state index in [-0.39, 0.29) is 29.9 Å². The van der Waals surface area contributed by atoms with Gasteiger partial charge in [-0.2, -0.15) is 0 Å². The molecule has 8 heteroatoms. The monoisotopic (exact) mass is 572 g/mol. The Morgan fingerprint density at radius 2 is 1.86 bits per heavy atom. The van der Waals surface area contributed by atoms with Crippen molar-refractivity contribution in [2.24, 2.45) is 5.92 Å². The van der Waals surface area contributed by atoms with E-state index in [2.05, 4.69) is 25.8 Å². The third-order valence-electron chi connectivity index (χ3n) is 9.69. The Hall–Kier alpha value is -3.65. The molecule has 0 unspecified atom stereocenters. The lowest BCUT2D eigenvalue weighted by molar-refractivity contribution is -0.221. The van der Waals surface area contributed by atoms with Crippen LogP contribution in [-0.2, 0) is 31.0 Å². The van der Waals surface area contributed by atoms with Crippen LogP contribution in [0.1, 0.15) is 63.6 Å². The molecule has 6 rings (SSSR count). The molecule has 1 spiro atoms. The highest BCUT2D eigenvalue weighted by molar-refractivity contribution is 5.92. The van der Waals surface area contributed by atoms with Crippen LogP contribution in [0.4, 0.5) is 0 Å². The Balaban J connectivity index is 1.50. The van der Waals surface area contributed by atoms with Gasteiger partial charge >= 0.3 is 11.9 Å². The molecule has 1 saturated heterocycles. The van der Waals surface area contributed by atoms with Crippen LogP contribution in [0.3, 0.4) is 0 Å². The summed E-state index contributed by atoms with van der Waals surface area (Å²) in [5.41, 5.74) is 1.55. The van der Waals surface area contributed by atoms with Gasteiger partial charge in [-0.25, -0.2) is 0 Å². The van der Waals surface area contributed by atoms with Gasteiger partial charge < -0.3 is 19.1 Å². The van der Waals surface area contributed by atoms with E-state index >= 15 is 0 Å². The molecule has 1 saturated carbocycles. The molecule has 2 aromatic carbocycles. The molecule has 2 aromatic rings. The maximum absolute atomic E-state index is 14.0. The van der Waals surface area contributed by atoms with Crippen LogP contribution in [-0.4, -0.2) is 71.6 Å². The molecule has 4 aliphatic rings. The number of esters is 2. The van der Waals surface area contributed by atoms with Gasteiger partial charge in [-0.05, 0) is 68.5 Å². The highest BCUT2D eigenvalue weighted by atomic mass is 16.6. The molecule has 8 nitrogen and oxygen atoms in total.